The molecule has 2 N–H and O–H groups in total. The molecule has 7 heteroatoms. The van der Waals surface area contributed by atoms with Crippen LogP contribution < -0.4 is 10.9 Å². The summed E-state index contributed by atoms with van der Waals surface area (Å²) in [4.78, 5) is 40.7. The Morgan fingerprint density at radius 3 is 2.69 bits per heavy atom. The van der Waals surface area contributed by atoms with Gasteiger partial charge < -0.3 is 19.9 Å². The van der Waals surface area contributed by atoms with E-state index in [-0.39, 0.29) is 35.9 Å². The smallest absolute Gasteiger partial charge is 0.258 e. The van der Waals surface area contributed by atoms with Crippen LogP contribution in [0.3, 0.4) is 0 Å². The summed E-state index contributed by atoms with van der Waals surface area (Å²) in [7, 11) is 0. The summed E-state index contributed by atoms with van der Waals surface area (Å²) in [6, 6.07) is 2.73. The number of pyridine rings is 1. The third kappa shape index (κ3) is 3.31. The SMILES string of the molecule is C/C=C\c1ccc2n(c1=O)C[C@H]1[C@H](CO)[C@@H](C(=O)NCC3CC3)[C@@H]2N1C(=O)CC. The fourth-order valence-corrected chi connectivity index (χ4v) is 4.94. The standard InChI is InChI=1S/C22H29N3O4/c1-3-5-14-8-9-16-20-19(21(28)23-10-13-6-7-13)15(12-26)17(11-24(16)22(14)29)25(20)18(27)4-2/h3,5,8-9,13,15,17,19-20,26H,4,6-7,10-12H2,1-2H3,(H,23,28)/b5-3-/t15-,17-,19+,20+/m0/s1. The summed E-state index contributed by atoms with van der Waals surface area (Å²) < 4.78 is 1.70. The van der Waals surface area contributed by atoms with Gasteiger partial charge in [0.05, 0.1) is 18.0 Å². The normalized spacial score (nSPS) is 27.9. The Labute approximate surface area is 170 Å². The van der Waals surface area contributed by atoms with Crippen LogP contribution in [0, 0.1) is 17.8 Å². The first kappa shape index (κ1) is 19.9. The first-order valence-electron chi connectivity index (χ1n) is 10.6. The highest BCUT2D eigenvalue weighted by Gasteiger charge is 2.57. The van der Waals surface area contributed by atoms with Crippen molar-refractivity contribution in [2.75, 3.05) is 13.2 Å². The maximum Gasteiger partial charge on any atom is 0.258 e. The van der Waals surface area contributed by atoms with Crippen molar-refractivity contribution in [3.8, 4) is 0 Å². The Morgan fingerprint density at radius 1 is 1.31 bits per heavy atom. The number of aliphatic hydroxyl groups is 1. The van der Waals surface area contributed by atoms with Crippen molar-refractivity contribution in [3.63, 3.8) is 0 Å². The molecule has 2 fully saturated rings. The fraction of sp³-hybridized carbons (Fsp3) is 0.591. The number of amides is 2. The van der Waals surface area contributed by atoms with Crippen LogP contribution in [0.5, 0.6) is 0 Å². The van der Waals surface area contributed by atoms with Gasteiger partial charge in [0.25, 0.3) is 5.56 Å². The quantitative estimate of drug-likeness (QED) is 0.755. The molecule has 3 aliphatic rings. The molecule has 1 aliphatic carbocycles. The molecule has 2 amide bonds. The molecule has 0 unspecified atom stereocenters. The highest BCUT2D eigenvalue weighted by molar-refractivity contribution is 5.84. The van der Waals surface area contributed by atoms with Crippen molar-refractivity contribution in [2.45, 2.75) is 51.7 Å². The Kier molecular flexibility index (Phi) is 5.34. The minimum Gasteiger partial charge on any atom is -0.396 e. The Bertz CT molecular complexity index is 902. The summed E-state index contributed by atoms with van der Waals surface area (Å²) in [6.07, 6.45) is 6.17. The van der Waals surface area contributed by atoms with Gasteiger partial charge in [-0.15, -0.1) is 0 Å². The van der Waals surface area contributed by atoms with Crippen LogP contribution in [0.1, 0.15) is 50.4 Å². The van der Waals surface area contributed by atoms with Crippen molar-refractivity contribution in [3.05, 3.63) is 39.8 Å². The van der Waals surface area contributed by atoms with Crippen molar-refractivity contribution < 1.29 is 14.7 Å². The number of rotatable bonds is 6. The largest absolute Gasteiger partial charge is 0.396 e. The average Bonchev–Trinajstić information content (AvgIpc) is 3.52. The minimum absolute atomic E-state index is 0.0489. The van der Waals surface area contributed by atoms with Crippen LogP contribution in [0.25, 0.3) is 6.08 Å². The van der Waals surface area contributed by atoms with Gasteiger partial charge in [-0.25, -0.2) is 0 Å². The molecule has 4 rings (SSSR count). The van der Waals surface area contributed by atoms with Crippen LogP contribution in [0.15, 0.2) is 23.0 Å². The molecule has 2 bridgehead atoms. The van der Waals surface area contributed by atoms with Gasteiger partial charge in [-0.1, -0.05) is 19.1 Å². The van der Waals surface area contributed by atoms with E-state index in [0.29, 0.717) is 36.7 Å². The molecule has 0 aromatic carbocycles. The molecule has 7 nitrogen and oxygen atoms in total. The molecule has 156 valence electrons. The lowest BCUT2D eigenvalue weighted by atomic mass is 9.86. The van der Waals surface area contributed by atoms with E-state index in [1.54, 1.807) is 28.5 Å². The number of hydrogen-bond acceptors (Lipinski definition) is 4. The molecule has 0 radical (unpaired) electrons. The number of nitrogens with one attached hydrogen (secondary N) is 1. The van der Waals surface area contributed by atoms with Crippen LogP contribution in [-0.4, -0.2) is 45.6 Å². The first-order valence-corrected chi connectivity index (χ1v) is 10.6. The average molecular weight is 399 g/mol. The lowest BCUT2D eigenvalue weighted by molar-refractivity contribution is -0.136. The zero-order chi connectivity index (χ0) is 20.7. The molecule has 1 aromatic rings. The molecular formula is C22H29N3O4. The van der Waals surface area contributed by atoms with Crippen LogP contribution >= 0.6 is 0 Å². The van der Waals surface area contributed by atoms with Crippen molar-refractivity contribution >= 4 is 17.9 Å². The maximum atomic E-state index is 13.2. The summed E-state index contributed by atoms with van der Waals surface area (Å²) in [5, 5.41) is 13.2. The predicted molar refractivity (Wildman–Crippen MR) is 109 cm³/mol. The predicted octanol–water partition coefficient (Wildman–Crippen LogP) is 1.31. The van der Waals surface area contributed by atoms with Gasteiger partial charge in [0, 0.05) is 43.3 Å². The summed E-state index contributed by atoms with van der Waals surface area (Å²) in [6.45, 7) is 4.41. The third-order valence-electron chi connectivity index (χ3n) is 6.57. The van der Waals surface area contributed by atoms with Crippen LogP contribution in [0.2, 0.25) is 0 Å². The van der Waals surface area contributed by atoms with Crippen LogP contribution in [-0.2, 0) is 16.1 Å². The van der Waals surface area contributed by atoms with Crippen molar-refractivity contribution in [2.24, 2.45) is 17.8 Å². The number of aromatic nitrogens is 1. The molecule has 29 heavy (non-hydrogen) atoms. The maximum absolute atomic E-state index is 13.2. The number of fused-ring (bicyclic) bond motifs is 4. The van der Waals surface area contributed by atoms with Crippen molar-refractivity contribution in [1.29, 1.82) is 0 Å². The summed E-state index contributed by atoms with van der Waals surface area (Å²) in [5.74, 6) is -0.582. The highest BCUT2D eigenvalue weighted by atomic mass is 16.3. The highest BCUT2D eigenvalue weighted by Crippen LogP contribution is 2.48. The van der Waals surface area contributed by atoms with Gasteiger partial charge in [0.2, 0.25) is 11.8 Å². The Balaban J connectivity index is 1.78. The number of aliphatic hydroxyl groups excluding tert-OH is 1. The third-order valence-corrected chi connectivity index (χ3v) is 6.57. The second-order valence-electron chi connectivity index (χ2n) is 8.36. The number of allylic oxidation sites excluding steroid dienone is 1. The van der Waals surface area contributed by atoms with Gasteiger partial charge in [0.1, 0.15) is 0 Å². The number of carbonyl (C=O) groups is 2. The van der Waals surface area contributed by atoms with E-state index in [4.69, 9.17) is 0 Å². The number of hydrogen-bond donors (Lipinski definition) is 2. The second-order valence-corrected chi connectivity index (χ2v) is 8.36. The zero-order valence-electron chi connectivity index (χ0n) is 17.0. The van der Waals surface area contributed by atoms with E-state index >= 15 is 0 Å². The molecule has 2 aliphatic heterocycles. The van der Waals surface area contributed by atoms with Gasteiger partial charge in [-0.05, 0) is 37.8 Å². The Hall–Kier alpha value is -2.41. The second kappa shape index (κ2) is 7.78. The Morgan fingerprint density at radius 2 is 2.07 bits per heavy atom. The number of carbonyl (C=O) groups excluding carboxylic acids is 2. The molecule has 0 spiro atoms. The monoisotopic (exact) mass is 399 g/mol. The molecule has 4 atom stereocenters. The van der Waals surface area contributed by atoms with E-state index in [2.05, 4.69) is 5.32 Å². The summed E-state index contributed by atoms with van der Waals surface area (Å²) >= 11 is 0. The van der Waals surface area contributed by atoms with Gasteiger partial charge >= 0.3 is 0 Å². The van der Waals surface area contributed by atoms with Crippen LogP contribution in [0.4, 0.5) is 0 Å². The molecule has 3 heterocycles. The van der Waals surface area contributed by atoms with E-state index in [9.17, 15) is 19.5 Å². The van der Waals surface area contributed by atoms with Crippen molar-refractivity contribution in [1.82, 2.24) is 14.8 Å². The van der Waals surface area contributed by atoms with Gasteiger partial charge in [0.15, 0.2) is 0 Å². The van der Waals surface area contributed by atoms with E-state index in [1.807, 2.05) is 19.1 Å². The molecular weight excluding hydrogens is 370 g/mol. The molecule has 1 saturated heterocycles. The molecule has 1 saturated carbocycles. The molecule has 1 aromatic heterocycles. The lowest BCUT2D eigenvalue weighted by Crippen LogP contribution is -2.49. The fourth-order valence-electron chi connectivity index (χ4n) is 4.94. The van der Waals surface area contributed by atoms with Gasteiger partial charge in [-0.2, -0.15) is 0 Å². The topological polar surface area (TPSA) is 91.6 Å². The first-order chi connectivity index (χ1) is 14.0. The number of nitrogens with zero attached hydrogens (tertiary/aromatic N) is 2. The summed E-state index contributed by atoms with van der Waals surface area (Å²) in [5.41, 5.74) is 1.15. The zero-order valence-corrected chi connectivity index (χ0v) is 17.0. The minimum atomic E-state index is -0.556. The van der Waals surface area contributed by atoms with E-state index in [0.717, 1.165) is 12.8 Å². The lowest BCUT2D eigenvalue weighted by Gasteiger charge is -2.38. The van der Waals surface area contributed by atoms with Gasteiger partial charge in [-0.3, -0.25) is 14.4 Å². The van der Waals surface area contributed by atoms with E-state index < -0.39 is 12.0 Å². The van der Waals surface area contributed by atoms with E-state index in [1.165, 1.54) is 0 Å².